The Morgan fingerprint density at radius 3 is 2.25 bits per heavy atom. The van der Waals surface area contributed by atoms with Crippen LogP contribution in [0.2, 0.25) is 0 Å². The van der Waals surface area contributed by atoms with Crippen molar-refractivity contribution in [1.29, 1.82) is 0 Å². The molecule has 0 amide bonds. The van der Waals surface area contributed by atoms with Gasteiger partial charge in [0.25, 0.3) is 0 Å². The van der Waals surface area contributed by atoms with Crippen molar-refractivity contribution in [3.63, 3.8) is 0 Å². The average molecular weight is 170 g/mol. The maximum absolute atomic E-state index is 9.47. The predicted octanol–water partition coefficient (Wildman–Crippen LogP) is 2.23. The van der Waals surface area contributed by atoms with Crippen LogP contribution in [0.4, 0.5) is 0 Å². The first-order chi connectivity index (χ1) is 5.37. The third-order valence-electron chi connectivity index (χ3n) is 2.54. The largest absolute Gasteiger partial charge is 0.363 e. The summed E-state index contributed by atoms with van der Waals surface area (Å²) in [5.74, 6) is -0.886. The van der Waals surface area contributed by atoms with Gasteiger partial charge in [0.1, 0.15) is 5.60 Å². The maximum Gasteiger partial charge on any atom is 0.192 e. The lowest BCUT2D eigenvalue weighted by Crippen LogP contribution is -2.18. The summed E-state index contributed by atoms with van der Waals surface area (Å²) in [6, 6.07) is 0. The van der Waals surface area contributed by atoms with E-state index in [1.165, 1.54) is 5.57 Å². The highest BCUT2D eigenvalue weighted by atomic mass is 16.7. The summed E-state index contributed by atoms with van der Waals surface area (Å²) in [6.45, 7) is 7.82. The Morgan fingerprint density at radius 2 is 1.92 bits per heavy atom. The molecule has 12 heavy (non-hydrogen) atoms. The van der Waals surface area contributed by atoms with Gasteiger partial charge in [-0.05, 0) is 40.5 Å². The topological polar surface area (TPSA) is 32.8 Å². The summed E-state index contributed by atoms with van der Waals surface area (Å²) in [7, 11) is 0. The molecule has 1 aliphatic heterocycles. The first kappa shape index (κ1) is 9.75. The lowest BCUT2D eigenvalue weighted by Gasteiger charge is -2.05. The molecule has 2 atom stereocenters. The van der Waals surface area contributed by atoms with Gasteiger partial charge in [-0.15, -0.1) is 0 Å². The van der Waals surface area contributed by atoms with E-state index in [4.69, 9.17) is 4.74 Å². The molecule has 0 radical (unpaired) electrons. The van der Waals surface area contributed by atoms with Gasteiger partial charge in [-0.2, -0.15) is 0 Å². The van der Waals surface area contributed by atoms with E-state index in [1.54, 1.807) is 6.92 Å². The van der Waals surface area contributed by atoms with Crippen molar-refractivity contribution in [3.05, 3.63) is 11.6 Å². The molecule has 0 bridgehead atoms. The average Bonchev–Trinajstić information content (AvgIpc) is 2.30. The maximum atomic E-state index is 9.47. The van der Waals surface area contributed by atoms with E-state index in [2.05, 4.69) is 19.9 Å². The predicted molar refractivity (Wildman–Crippen MR) is 48.8 cm³/mol. The van der Waals surface area contributed by atoms with E-state index < -0.39 is 5.79 Å². The van der Waals surface area contributed by atoms with E-state index in [1.807, 2.05) is 6.92 Å². The van der Waals surface area contributed by atoms with E-state index in [9.17, 15) is 5.11 Å². The number of ether oxygens (including phenoxy) is 1. The van der Waals surface area contributed by atoms with Crippen molar-refractivity contribution in [1.82, 2.24) is 0 Å². The molecule has 70 valence electrons. The van der Waals surface area contributed by atoms with Crippen LogP contribution in [0.1, 0.15) is 40.5 Å². The Morgan fingerprint density at radius 1 is 1.42 bits per heavy atom. The number of epoxide rings is 1. The summed E-state index contributed by atoms with van der Waals surface area (Å²) in [4.78, 5) is 0. The fourth-order valence-corrected chi connectivity index (χ4v) is 1.33. The summed E-state index contributed by atoms with van der Waals surface area (Å²) in [5.41, 5.74) is 1.01. The van der Waals surface area contributed by atoms with Crippen LogP contribution < -0.4 is 0 Å². The molecule has 1 rings (SSSR count). The van der Waals surface area contributed by atoms with Gasteiger partial charge in [0, 0.05) is 0 Å². The van der Waals surface area contributed by atoms with Gasteiger partial charge in [-0.25, -0.2) is 0 Å². The molecule has 0 aromatic rings. The number of hydrogen-bond donors (Lipinski definition) is 1. The molecule has 0 aromatic heterocycles. The van der Waals surface area contributed by atoms with Gasteiger partial charge in [-0.3, -0.25) is 0 Å². The molecule has 2 unspecified atom stereocenters. The molecule has 1 N–H and O–H groups in total. The molecular weight excluding hydrogens is 152 g/mol. The lowest BCUT2D eigenvalue weighted by atomic mass is 9.99. The van der Waals surface area contributed by atoms with Crippen LogP contribution >= 0.6 is 0 Å². The second-order valence-electron chi connectivity index (χ2n) is 4.14. The first-order valence-electron chi connectivity index (χ1n) is 4.43. The highest BCUT2D eigenvalue weighted by Gasteiger charge is 2.62. The normalized spacial score (nSPS) is 39.4. The molecule has 0 aromatic carbocycles. The monoisotopic (exact) mass is 170 g/mol. The molecule has 2 heteroatoms. The second-order valence-corrected chi connectivity index (χ2v) is 4.14. The molecule has 0 aliphatic carbocycles. The minimum absolute atomic E-state index is 0.307. The van der Waals surface area contributed by atoms with E-state index in [0.717, 1.165) is 12.8 Å². The Hall–Kier alpha value is -0.340. The van der Waals surface area contributed by atoms with Crippen LogP contribution in [0.3, 0.4) is 0 Å². The van der Waals surface area contributed by atoms with Crippen molar-refractivity contribution < 1.29 is 9.84 Å². The molecular formula is C10H18O2. The van der Waals surface area contributed by atoms with Gasteiger partial charge < -0.3 is 9.84 Å². The van der Waals surface area contributed by atoms with Crippen LogP contribution in [0.15, 0.2) is 11.6 Å². The van der Waals surface area contributed by atoms with Crippen LogP contribution in [-0.4, -0.2) is 16.5 Å². The quantitative estimate of drug-likeness (QED) is 0.520. The van der Waals surface area contributed by atoms with Crippen molar-refractivity contribution in [3.8, 4) is 0 Å². The lowest BCUT2D eigenvalue weighted by molar-refractivity contribution is 0.0548. The third kappa shape index (κ3) is 1.87. The Kier molecular flexibility index (Phi) is 2.32. The molecule has 1 aliphatic rings. The number of hydrogen-bond acceptors (Lipinski definition) is 2. The van der Waals surface area contributed by atoms with Gasteiger partial charge >= 0.3 is 0 Å². The Balaban J connectivity index is 2.31. The van der Waals surface area contributed by atoms with Gasteiger partial charge in [0.15, 0.2) is 5.79 Å². The third-order valence-corrected chi connectivity index (χ3v) is 2.54. The first-order valence-corrected chi connectivity index (χ1v) is 4.43. The van der Waals surface area contributed by atoms with Gasteiger partial charge in [0.05, 0.1) is 0 Å². The van der Waals surface area contributed by atoms with Gasteiger partial charge in [-0.1, -0.05) is 11.6 Å². The summed E-state index contributed by atoms with van der Waals surface area (Å²) in [6.07, 6.45) is 4.04. The van der Waals surface area contributed by atoms with E-state index in [-0.39, 0.29) is 5.60 Å². The van der Waals surface area contributed by atoms with Crippen molar-refractivity contribution in [2.75, 3.05) is 0 Å². The van der Waals surface area contributed by atoms with Crippen molar-refractivity contribution >= 4 is 0 Å². The zero-order valence-electron chi connectivity index (χ0n) is 8.35. The van der Waals surface area contributed by atoms with Gasteiger partial charge in [0.2, 0.25) is 0 Å². The smallest absolute Gasteiger partial charge is 0.192 e. The SMILES string of the molecule is CC(C)=CCCC1(C)OC1(C)O. The highest BCUT2D eigenvalue weighted by Crippen LogP contribution is 2.48. The summed E-state index contributed by atoms with van der Waals surface area (Å²) >= 11 is 0. The fourth-order valence-electron chi connectivity index (χ4n) is 1.33. The Labute approximate surface area is 74.2 Å². The molecule has 1 heterocycles. The molecule has 1 fully saturated rings. The fraction of sp³-hybridized carbons (Fsp3) is 0.800. The number of aliphatic hydroxyl groups is 1. The highest BCUT2D eigenvalue weighted by molar-refractivity contribution is 5.04. The summed E-state index contributed by atoms with van der Waals surface area (Å²) < 4.78 is 5.20. The van der Waals surface area contributed by atoms with Crippen LogP contribution in [0.5, 0.6) is 0 Å². The second kappa shape index (κ2) is 2.86. The van der Waals surface area contributed by atoms with Crippen molar-refractivity contribution in [2.45, 2.75) is 51.9 Å². The standard InChI is InChI=1S/C10H18O2/c1-8(2)6-5-7-9(3)10(4,11)12-9/h6,11H,5,7H2,1-4H3. The van der Waals surface area contributed by atoms with E-state index >= 15 is 0 Å². The van der Waals surface area contributed by atoms with Crippen LogP contribution in [-0.2, 0) is 4.74 Å². The van der Waals surface area contributed by atoms with E-state index in [0.29, 0.717) is 0 Å². The molecule has 0 saturated carbocycles. The number of allylic oxidation sites excluding steroid dienone is 2. The molecule has 0 spiro atoms. The van der Waals surface area contributed by atoms with Crippen LogP contribution in [0, 0.1) is 0 Å². The minimum atomic E-state index is -0.886. The Bertz CT molecular complexity index is 202. The zero-order valence-corrected chi connectivity index (χ0v) is 8.35. The minimum Gasteiger partial charge on any atom is -0.363 e. The number of rotatable bonds is 3. The van der Waals surface area contributed by atoms with Crippen LogP contribution in [0.25, 0.3) is 0 Å². The molecule has 1 saturated heterocycles. The summed E-state index contributed by atoms with van der Waals surface area (Å²) in [5, 5.41) is 9.47. The molecule has 2 nitrogen and oxygen atoms in total. The zero-order chi connectivity index (χ0) is 9.41. The van der Waals surface area contributed by atoms with Crippen molar-refractivity contribution in [2.24, 2.45) is 0 Å².